The lowest BCUT2D eigenvalue weighted by molar-refractivity contribution is -1.02. The summed E-state index contributed by atoms with van der Waals surface area (Å²) >= 11 is 0. The predicted octanol–water partition coefficient (Wildman–Crippen LogP) is -2.86. The molecule has 248 valence electrons. The first-order valence-electron chi connectivity index (χ1n) is 14.8. The van der Waals surface area contributed by atoms with Gasteiger partial charge in [0.25, 0.3) is 5.56 Å². The van der Waals surface area contributed by atoms with E-state index in [4.69, 9.17) is 44.7 Å². The molecule has 0 aliphatic carbocycles. The second kappa shape index (κ2) is 17.9. The number of quaternary nitrogens is 2. The van der Waals surface area contributed by atoms with Crippen LogP contribution in [0.5, 0.6) is 0 Å². The van der Waals surface area contributed by atoms with E-state index >= 15 is 0 Å². The maximum absolute atomic E-state index is 13.3. The molecule has 1 fully saturated rings. The molecule has 1 saturated heterocycles. The van der Waals surface area contributed by atoms with Crippen LogP contribution in [0.3, 0.4) is 0 Å². The van der Waals surface area contributed by atoms with Crippen molar-refractivity contribution < 1.29 is 53.8 Å². The van der Waals surface area contributed by atoms with Crippen LogP contribution in [0, 0.1) is 5.82 Å². The van der Waals surface area contributed by atoms with Crippen LogP contribution in [-0.4, -0.2) is 76.6 Å². The number of nitrogens with zero attached hydrogens (tertiary/aromatic N) is 2. The molecule has 0 atom stereocenters. The second-order valence-electron chi connectivity index (χ2n) is 10.8. The molecule has 4 aromatic rings. The van der Waals surface area contributed by atoms with Crippen molar-refractivity contribution in [1.29, 1.82) is 0 Å². The van der Waals surface area contributed by atoms with E-state index in [2.05, 4.69) is 30.3 Å². The highest BCUT2D eigenvalue weighted by molar-refractivity contribution is 6.26. The molecule has 1 aliphatic heterocycles. The van der Waals surface area contributed by atoms with Crippen LogP contribution in [0.15, 0.2) is 83.7 Å². The number of rotatable bonds is 8. The number of carbonyl (C=O) groups is 4. The molecule has 1 aliphatic rings. The van der Waals surface area contributed by atoms with Gasteiger partial charge in [0.1, 0.15) is 38.5 Å². The SMILES string of the molecule is O=C([O-])C(=O)O.O=C([O-])C(=O)O.O=c1c2ccccc2c(Cc2ccc(F)cc2)nn1CCC[NH+]1CC[NH+](Cc2ccccc2)CC1. The van der Waals surface area contributed by atoms with Gasteiger partial charge in [-0.2, -0.15) is 5.10 Å². The van der Waals surface area contributed by atoms with E-state index in [1.54, 1.807) is 26.6 Å². The van der Waals surface area contributed by atoms with Crippen LogP contribution in [-0.2, 0) is 38.7 Å². The van der Waals surface area contributed by atoms with E-state index in [0.29, 0.717) is 18.4 Å². The zero-order chi connectivity index (χ0) is 34.3. The van der Waals surface area contributed by atoms with Crippen molar-refractivity contribution in [2.75, 3.05) is 32.7 Å². The lowest BCUT2D eigenvalue weighted by Crippen LogP contribution is -3.27. The van der Waals surface area contributed by atoms with E-state index in [1.165, 1.54) is 30.8 Å². The molecule has 47 heavy (non-hydrogen) atoms. The quantitative estimate of drug-likeness (QED) is 0.144. The number of hydrogen-bond donors (Lipinski definition) is 4. The average Bonchev–Trinajstić information content (AvgIpc) is 3.06. The first-order valence-corrected chi connectivity index (χ1v) is 14.8. The molecule has 0 saturated carbocycles. The Hall–Kier alpha value is -5.47. The molecule has 5 rings (SSSR count). The summed E-state index contributed by atoms with van der Waals surface area (Å²) in [5, 5.41) is 39.0. The van der Waals surface area contributed by atoms with Crippen LogP contribution >= 0.6 is 0 Å². The summed E-state index contributed by atoms with van der Waals surface area (Å²) in [6.45, 7) is 7.45. The lowest BCUT2D eigenvalue weighted by Gasteiger charge is -2.29. The molecular formula is C33H35FN4O9. The Morgan fingerprint density at radius 1 is 0.745 bits per heavy atom. The van der Waals surface area contributed by atoms with Gasteiger partial charge < -0.3 is 39.8 Å². The zero-order valence-electron chi connectivity index (χ0n) is 25.4. The number of aromatic nitrogens is 2. The van der Waals surface area contributed by atoms with Crippen LogP contribution in [0.25, 0.3) is 10.8 Å². The van der Waals surface area contributed by atoms with Crippen molar-refractivity contribution in [3.63, 3.8) is 0 Å². The fourth-order valence-corrected chi connectivity index (χ4v) is 5.13. The van der Waals surface area contributed by atoms with Crippen LogP contribution in [0.1, 0.15) is 23.2 Å². The number of nitrogens with one attached hydrogen (secondary N) is 2. The van der Waals surface area contributed by atoms with E-state index < -0.39 is 23.9 Å². The van der Waals surface area contributed by atoms with Crippen molar-refractivity contribution in [1.82, 2.24) is 9.78 Å². The van der Waals surface area contributed by atoms with Gasteiger partial charge in [0.05, 0.1) is 24.2 Å². The van der Waals surface area contributed by atoms with Gasteiger partial charge in [0.2, 0.25) is 0 Å². The van der Waals surface area contributed by atoms with Gasteiger partial charge in [-0.05, 0) is 23.8 Å². The molecule has 0 unspecified atom stereocenters. The minimum atomic E-state index is -2.07. The molecule has 2 heterocycles. The number of aliphatic carboxylic acids is 4. The fourth-order valence-electron chi connectivity index (χ4n) is 5.13. The van der Waals surface area contributed by atoms with Gasteiger partial charge in [-0.25, -0.2) is 18.7 Å². The number of piperazine rings is 1. The van der Waals surface area contributed by atoms with Gasteiger partial charge in [-0.15, -0.1) is 0 Å². The molecule has 4 N–H and O–H groups in total. The maximum Gasteiger partial charge on any atom is 0.351 e. The monoisotopic (exact) mass is 650 g/mol. The first kappa shape index (κ1) is 36.0. The molecule has 0 bridgehead atoms. The van der Waals surface area contributed by atoms with Crippen LogP contribution < -0.4 is 25.6 Å². The summed E-state index contributed by atoms with van der Waals surface area (Å²) < 4.78 is 15.0. The first-order chi connectivity index (χ1) is 22.4. The molecule has 0 spiro atoms. The number of carbonyl (C=O) groups excluding carboxylic acids is 2. The number of aryl methyl sites for hydroxylation is 1. The van der Waals surface area contributed by atoms with Crippen molar-refractivity contribution in [3.8, 4) is 0 Å². The van der Waals surface area contributed by atoms with Crippen molar-refractivity contribution in [2.24, 2.45) is 0 Å². The molecule has 0 radical (unpaired) electrons. The summed E-state index contributed by atoms with van der Waals surface area (Å²) in [6, 6.07) is 24.9. The fraction of sp³-hybridized carbons (Fsp3) is 0.273. The van der Waals surface area contributed by atoms with E-state index in [0.717, 1.165) is 49.2 Å². The number of carboxylic acid groups (broad SMARTS) is 4. The Morgan fingerprint density at radius 3 is 1.81 bits per heavy atom. The Labute approximate surface area is 268 Å². The minimum absolute atomic E-state index is 0.0319. The molecule has 3 aromatic carbocycles. The number of halogens is 1. The lowest BCUT2D eigenvalue weighted by atomic mass is 10.0. The Morgan fingerprint density at radius 2 is 1.26 bits per heavy atom. The van der Waals surface area contributed by atoms with E-state index in [9.17, 15) is 9.18 Å². The van der Waals surface area contributed by atoms with Crippen molar-refractivity contribution in [3.05, 3.63) is 112 Å². The maximum atomic E-state index is 13.3. The summed E-state index contributed by atoms with van der Waals surface area (Å²) in [7, 11) is 0. The van der Waals surface area contributed by atoms with Gasteiger partial charge in [-0.1, -0.05) is 60.7 Å². The van der Waals surface area contributed by atoms with Crippen LogP contribution in [0.2, 0.25) is 0 Å². The van der Waals surface area contributed by atoms with Crippen LogP contribution in [0.4, 0.5) is 4.39 Å². The number of benzene rings is 3. The Bertz CT molecular complexity index is 1670. The highest BCUT2D eigenvalue weighted by atomic mass is 19.1. The standard InChI is InChI=1S/C29H31FN4O.2C2H2O4/c30-25-13-11-23(12-14-25)21-28-26-9-4-5-10-27(26)29(35)34(31-28)16-6-15-32-17-19-33(20-18-32)22-24-7-2-1-3-8-24;2*3-1(4)2(5)6/h1-5,7-14H,6,15-22H2;2*(H,3,4)(H,5,6). The van der Waals surface area contributed by atoms with Gasteiger partial charge in [-0.3, -0.25) is 4.79 Å². The Kier molecular flexibility index (Phi) is 13.7. The van der Waals surface area contributed by atoms with E-state index in [1.807, 2.05) is 24.3 Å². The van der Waals surface area contributed by atoms with Gasteiger partial charge in [0, 0.05) is 23.8 Å². The molecule has 0 amide bonds. The Balaban J connectivity index is 0.000000428. The third kappa shape index (κ3) is 11.8. The number of fused-ring (bicyclic) bond motifs is 1. The van der Waals surface area contributed by atoms with Gasteiger partial charge in [0.15, 0.2) is 11.9 Å². The molecule has 14 heteroatoms. The van der Waals surface area contributed by atoms with Gasteiger partial charge >= 0.3 is 11.9 Å². The number of hydrogen-bond acceptors (Lipinski definition) is 8. The normalized spacial score (nSPS) is 15.3. The topological polar surface area (TPSA) is 199 Å². The van der Waals surface area contributed by atoms with Crippen molar-refractivity contribution >= 4 is 34.6 Å². The predicted molar refractivity (Wildman–Crippen MR) is 162 cm³/mol. The summed E-state index contributed by atoms with van der Waals surface area (Å²) in [4.78, 5) is 52.4. The average molecular weight is 651 g/mol. The second-order valence-corrected chi connectivity index (χ2v) is 10.8. The minimum Gasteiger partial charge on any atom is -0.539 e. The zero-order valence-corrected chi connectivity index (χ0v) is 25.4. The van der Waals surface area contributed by atoms with Crippen molar-refractivity contribution in [2.45, 2.75) is 25.9 Å². The third-order valence-corrected chi connectivity index (χ3v) is 7.44. The smallest absolute Gasteiger partial charge is 0.351 e. The molecule has 13 nitrogen and oxygen atoms in total. The number of carboxylic acids is 4. The molecular weight excluding hydrogens is 615 g/mol. The highest BCUT2D eigenvalue weighted by Crippen LogP contribution is 2.17. The largest absolute Gasteiger partial charge is 0.539 e. The third-order valence-electron chi connectivity index (χ3n) is 7.44. The highest BCUT2D eigenvalue weighted by Gasteiger charge is 2.22. The summed E-state index contributed by atoms with van der Waals surface area (Å²) in [5.74, 6) is -8.27. The van der Waals surface area contributed by atoms with E-state index in [-0.39, 0.29) is 11.4 Å². The summed E-state index contributed by atoms with van der Waals surface area (Å²) in [6.07, 6.45) is 1.49. The molecule has 1 aromatic heterocycles. The summed E-state index contributed by atoms with van der Waals surface area (Å²) in [5.41, 5.74) is 3.21.